The molecular weight excluding hydrogens is 178 g/mol. The highest BCUT2D eigenvalue weighted by Crippen LogP contribution is 2.20. The molecule has 2 N–H and O–H groups in total. The van der Waals surface area contributed by atoms with E-state index in [-0.39, 0.29) is 11.9 Å². The van der Waals surface area contributed by atoms with Gasteiger partial charge < -0.3 is 10.5 Å². The number of nitrogens with two attached hydrogens (primary N) is 1. The zero-order chi connectivity index (χ0) is 10.6. The van der Waals surface area contributed by atoms with Gasteiger partial charge in [0.15, 0.2) is 0 Å². The number of hydrogen-bond acceptors (Lipinski definition) is 3. The van der Waals surface area contributed by atoms with Crippen LogP contribution in [-0.4, -0.2) is 13.1 Å². The topological polar surface area (TPSA) is 52.3 Å². The Morgan fingerprint density at radius 1 is 1.57 bits per heavy atom. The predicted octanol–water partition coefficient (Wildman–Crippen LogP) is 1.94. The largest absolute Gasteiger partial charge is 0.469 e. The van der Waals surface area contributed by atoms with E-state index in [2.05, 4.69) is 4.74 Å². The first-order valence-electron chi connectivity index (χ1n) is 4.55. The third-order valence-electron chi connectivity index (χ3n) is 2.18. The first-order chi connectivity index (χ1) is 6.63. The van der Waals surface area contributed by atoms with Crippen molar-refractivity contribution < 1.29 is 9.53 Å². The average molecular weight is 193 g/mol. The molecule has 14 heavy (non-hydrogen) atoms. The number of esters is 1. The molecule has 1 unspecified atom stereocenters. The van der Waals surface area contributed by atoms with Crippen molar-refractivity contribution in [3.63, 3.8) is 0 Å². The second-order valence-electron chi connectivity index (χ2n) is 3.35. The van der Waals surface area contributed by atoms with E-state index in [9.17, 15) is 4.79 Å². The van der Waals surface area contributed by atoms with Crippen LogP contribution in [0.25, 0.3) is 0 Å². The molecule has 0 saturated heterocycles. The molecule has 0 radical (unpaired) electrons. The maximum absolute atomic E-state index is 11.0. The van der Waals surface area contributed by atoms with E-state index in [1.807, 2.05) is 31.2 Å². The normalized spacial score (nSPS) is 12.1. The van der Waals surface area contributed by atoms with E-state index >= 15 is 0 Å². The summed E-state index contributed by atoms with van der Waals surface area (Å²) in [5, 5.41) is 0. The molecule has 0 aliphatic heterocycles. The van der Waals surface area contributed by atoms with Crippen molar-refractivity contribution in [2.75, 3.05) is 12.8 Å². The fourth-order valence-corrected chi connectivity index (χ4v) is 1.32. The van der Waals surface area contributed by atoms with Crippen molar-refractivity contribution in [2.24, 2.45) is 0 Å². The minimum absolute atomic E-state index is 0.144. The van der Waals surface area contributed by atoms with Gasteiger partial charge in [-0.25, -0.2) is 0 Å². The second kappa shape index (κ2) is 4.65. The first-order valence-corrected chi connectivity index (χ1v) is 4.55. The molecule has 0 aromatic heterocycles. The lowest BCUT2D eigenvalue weighted by molar-refractivity contribution is -0.140. The van der Waals surface area contributed by atoms with E-state index < -0.39 is 0 Å². The van der Waals surface area contributed by atoms with Crippen molar-refractivity contribution in [2.45, 2.75) is 19.3 Å². The fraction of sp³-hybridized carbons (Fsp3) is 0.364. The van der Waals surface area contributed by atoms with Crippen molar-refractivity contribution in [3.8, 4) is 0 Å². The Morgan fingerprint density at radius 3 is 2.86 bits per heavy atom. The van der Waals surface area contributed by atoms with Crippen LogP contribution < -0.4 is 5.73 Å². The number of benzene rings is 1. The Morgan fingerprint density at radius 2 is 2.29 bits per heavy atom. The van der Waals surface area contributed by atoms with Crippen LogP contribution in [0.2, 0.25) is 0 Å². The number of ether oxygens (including phenoxy) is 1. The molecule has 76 valence electrons. The summed E-state index contributed by atoms with van der Waals surface area (Å²) in [6.45, 7) is 1.98. The first kappa shape index (κ1) is 10.6. The van der Waals surface area contributed by atoms with Crippen LogP contribution in [0.1, 0.15) is 24.8 Å². The molecule has 0 spiro atoms. The second-order valence-corrected chi connectivity index (χ2v) is 3.35. The van der Waals surface area contributed by atoms with Crippen LogP contribution in [0, 0.1) is 0 Å². The summed E-state index contributed by atoms with van der Waals surface area (Å²) < 4.78 is 4.60. The number of anilines is 1. The molecule has 0 saturated carbocycles. The molecule has 3 nitrogen and oxygen atoms in total. The highest BCUT2D eigenvalue weighted by atomic mass is 16.5. The molecule has 0 aliphatic rings. The molecule has 1 aromatic rings. The predicted molar refractivity (Wildman–Crippen MR) is 55.9 cm³/mol. The van der Waals surface area contributed by atoms with Crippen LogP contribution in [0.3, 0.4) is 0 Å². The highest BCUT2D eigenvalue weighted by molar-refractivity contribution is 5.70. The standard InChI is InChI=1S/C11H15NO2/c1-8(6-11(13)14-2)9-4-3-5-10(12)7-9/h3-5,7-8H,6,12H2,1-2H3. The number of carbonyl (C=O) groups excluding carboxylic acids is 1. The van der Waals surface area contributed by atoms with Crippen molar-refractivity contribution in [1.29, 1.82) is 0 Å². The Hall–Kier alpha value is -1.51. The summed E-state index contributed by atoms with van der Waals surface area (Å²) >= 11 is 0. The minimum Gasteiger partial charge on any atom is -0.469 e. The minimum atomic E-state index is -0.195. The van der Waals surface area contributed by atoms with Gasteiger partial charge in [-0.2, -0.15) is 0 Å². The number of hydrogen-bond donors (Lipinski definition) is 1. The summed E-state index contributed by atoms with van der Waals surface area (Å²) in [7, 11) is 1.40. The maximum Gasteiger partial charge on any atom is 0.306 e. The Labute approximate surface area is 83.9 Å². The Balaban J connectivity index is 2.69. The molecular formula is C11H15NO2. The number of methoxy groups -OCH3 is 1. The van der Waals surface area contributed by atoms with E-state index in [1.54, 1.807) is 0 Å². The molecule has 0 aliphatic carbocycles. The van der Waals surface area contributed by atoms with Crippen molar-refractivity contribution >= 4 is 11.7 Å². The van der Waals surface area contributed by atoms with E-state index in [0.29, 0.717) is 6.42 Å². The van der Waals surface area contributed by atoms with Gasteiger partial charge >= 0.3 is 5.97 Å². The number of rotatable bonds is 3. The van der Waals surface area contributed by atoms with E-state index in [0.717, 1.165) is 11.3 Å². The lowest BCUT2D eigenvalue weighted by Crippen LogP contribution is -2.06. The highest BCUT2D eigenvalue weighted by Gasteiger charge is 2.11. The SMILES string of the molecule is COC(=O)CC(C)c1cccc(N)c1. The van der Waals surface area contributed by atoms with E-state index in [1.165, 1.54) is 7.11 Å². The molecule has 0 amide bonds. The summed E-state index contributed by atoms with van der Waals surface area (Å²) in [6, 6.07) is 7.56. The van der Waals surface area contributed by atoms with Crippen LogP contribution >= 0.6 is 0 Å². The maximum atomic E-state index is 11.0. The molecule has 3 heteroatoms. The zero-order valence-corrected chi connectivity index (χ0v) is 8.49. The fourth-order valence-electron chi connectivity index (χ4n) is 1.32. The Bertz CT molecular complexity index is 323. The third kappa shape index (κ3) is 2.76. The number of carbonyl (C=O) groups is 1. The smallest absolute Gasteiger partial charge is 0.306 e. The van der Waals surface area contributed by atoms with Gasteiger partial charge in [0, 0.05) is 5.69 Å². The van der Waals surface area contributed by atoms with Gasteiger partial charge in [0.25, 0.3) is 0 Å². The van der Waals surface area contributed by atoms with Gasteiger partial charge in [0.1, 0.15) is 0 Å². The third-order valence-corrected chi connectivity index (χ3v) is 2.18. The van der Waals surface area contributed by atoms with Crippen molar-refractivity contribution in [1.82, 2.24) is 0 Å². The van der Waals surface area contributed by atoms with Gasteiger partial charge in [-0.15, -0.1) is 0 Å². The monoisotopic (exact) mass is 193 g/mol. The van der Waals surface area contributed by atoms with Crippen LogP contribution in [0.15, 0.2) is 24.3 Å². The van der Waals surface area contributed by atoms with Crippen LogP contribution in [0.4, 0.5) is 5.69 Å². The van der Waals surface area contributed by atoms with Gasteiger partial charge in [-0.3, -0.25) is 4.79 Å². The van der Waals surface area contributed by atoms with Crippen LogP contribution in [-0.2, 0) is 9.53 Å². The average Bonchev–Trinajstić information content (AvgIpc) is 2.17. The molecule has 1 aromatic carbocycles. The quantitative estimate of drug-likeness (QED) is 0.589. The summed E-state index contributed by atoms with van der Waals surface area (Å²) in [5.41, 5.74) is 7.43. The molecule has 1 atom stereocenters. The Kier molecular flexibility index (Phi) is 3.51. The molecule has 1 rings (SSSR count). The molecule has 0 heterocycles. The van der Waals surface area contributed by atoms with E-state index in [4.69, 9.17) is 5.73 Å². The summed E-state index contributed by atoms with van der Waals surface area (Å²) in [4.78, 5) is 11.0. The van der Waals surface area contributed by atoms with Gasteiger partial charge in [-0.05, 0) is 23.6 Å². The van der Waals surface area contributed by atoms with Gasteiger partial charge in [0.2, 0.25) is 0 Å². The molecule has 0 fully saturated rings. The zero-order valence-electron chi connectivity index (χ0n) is 8.49. The molecule has 0 bridgehead atoms. The lowest BCUT2D eigenvalue weighted by Gasteiger charge is -2.10. The van der Waals surface area contributed by atoms with Crippen LogP contribution in [0.5, 0.6) is 0 Å². The van der Waals surface area contributed by atoms with Gasteiger partial charge in [-0.1, -0.05) is 19.1 Å². The van der Waals surface area contributed by atoms with Crippen molar-refractivity contribution in [3.05, 3.63) is 29.8 Å². The number of nitrogen functional groups attached to an aromatic ring is 1. The summed E-state index contributed by atoms with van der Waals surface area (Å²) in [6.07, 6.45) is 0.389. The summed E-state index contributed by atoms with van der Waals surface area (Å²) in [5.74, 6) is -0.0501. The lowest BCUT2D eigenvalue weighted by atomic mass is 9.97. The van der Waals surface area contributed by atoms with Gasteiger partial charge in [0.05, 0.1) is 13.5 Å².